The van der Waals surface area contributed by atoms with Crippen molar-refractivity contribution in [1.82, 2.24) is 9.88 Å². The quantitative estimate of drug-likeness (QED) is 0.894. The summed E-state index contributed by atoms with van der Waals surface area (Å²) in [5, 5.41) is 3.15. The van der Waals surface area contributed by atoms with Crippen LogP contribution in [0.4, 0.5) is 14.9 Å². The third kappa shape index (κ3) is 3.94. The van der Waals surface area contributed by atoms with Crippen molar-refractivity contribution in [3.05, 3.63) is 53.3 Å². The Morgan fingerprint density at radius 3 is 2.92 bits per heavy atom. The molecule has 1 aromatic heterocycles. The maximum Gasteiger partial charge on any atom is 0.321 e. The smallest absolute Gasteiger partial charge is 0.321 e. The zero-order chi connectivity index (χ0) is 16.9. The van der Waals surface area contributed by atoms with Crippen molar-refractivity contribution in [3.63, 3.8) is 0 Å². The molecule has 1 saturated heterocycles. The number of alkyl halides is 1. The molecule has 1 aliphatic heterocycles. The molecule has 1 fully saturated rings. The van der Waals surface area contributed by atoms with Crippen molar-refractivity contribution in [1.29, 1.82) is 0 Å². The highest BCUT2D eigenvalue weighted by Crippen LogP contribution is 2.25. The van der Waals surface area contributed by atoms with Gasteiger partial charge >= 0.3 is 6.03 Å². The van der Waals surface area contributed by atoms with Crippen LogP contribution in [0.5, 0.6) is 5.75 Å². The first-order chi connectivity index (χ1) is 11.7. The highest BCUT2D eigenvalue weighted by molar-refractivity contribution is 6.31. The molecule has 0 radical (unpaired) electrons. The minimum atomic E-state index is -0.594. The lowest BCUT2D eigenvalue weighted by Gasteiger charge is -2.38. The van der Waals surface area contributed by atoms with Crippen LogP contribution in [0.25, 0.3) is 0 Å². The Kier molecular flexibility index (Phi) is 5.15. The van der Waals surface area contributed by atoms with Crippen LogP contribution in [0, 0.1) is 5.92 Å². The number of pyridine rings is 1. The van der Waals surface area contributed by atoms with E-state index < -0.39 is 6.67 Å². The van der Waals surface area contributed by atoms with Gasteiger partial charge < -0.3 is 15.0 Å². The van der Waals surface area contributed by atoms with Crippen molar-refractivity contribution in [3.8, 4) is 5.75 Å². The van der Waals surface area contributed by atoms with Gasteiger partial charge in [-0.2, -0.15) is 0 Å². The van der Waals surface area contributed by atoms with Gasteiger partial charge in [-0.05, 0) is 24.3 Å². The highest BCUT2D eigenvalue weighted by atomic mass is 35.5. The summed E-state index contributed by atoms with van der Waals surface area (Å²) in [6.07, 6.45) is 3.25. The Bertz CT molecular complexity index is 708. The number of halogens is 2. The zero-order valence-corrected chi connectivity index (χ0v) is 13.7. The average molecular weight is 350 g/mol. The van der Waals surface area contributed by atoms with Gasteiger partial charge in [0.15, 0.2) is 0 Å². The van der Waals surface area contributed by atoms with Crippen molar-refractivity contribution < 1.29 is 13.9 Å². The third-order valence-electron chi connectivity index (χ3n) is 3.81. The maximum absolute atomic E-state index is 12.6. The molecular formula is C17H17ClFN3O2. The minimum absolute atomic E-state index is 0.144. The number of hydrogen-bond acceptors (Lipinski definition) is 3. The Morgan fingerprint density at radius 1 is 1.42 bits per heavy atom. The van der Waals surface area contributed by atoms with Crippen molar-refractivity contribution in [2.75, 3.05) is 25.0 Å². The summed E-state index contributed by atoms with van der Waals surface area (Å²) in [4.78, 5) is 17.7. The minimum Gasteiger partial charge on any atom is -0.493 e. The molecule has 5 nitrogen and oxygen atoms in total. The number of benzene rings is 1. The Hall–Kier alpha value is -2.34. The molecule has 3 rings (SSSR count). The molecule has 2 heterocycles. The standard InChI is InChI=1S/C17H17ClFN3O2/c18-16-6-15(4-3-13(16)7-19)24-11-12-9-22(10-12)17(23)21-14-2-1-5-20-8-14/h1-6,8,12H,7,9-11H2,(H,21,23). The van der Waals surface area contributed by atoms with Gasteiger partial charge in [0.1, 0.15) is 12.4 Å². The first-order valence-corrected chi connectivity index (χ1v) is 7.96. The van der Waals surface area contributed by atoms with E-state index in [1.807, 2.05) is 0 Å². The number of aromatic nitrogens is 1. The Balaban J connectivity index is 1.42. The SMILES string of the molecule is O=C(Nc1cccnc1)N1CC(COc2ccc(CF)c(Cl)c2)C1. The number of carbonyl (C=O) groups is 1. The van der Waals surface area contributed by atoms with Crippen molar-refractivity contribution >= 4 is 23.3 Å². The van der Waals surface area contributed by atoms with E-state index in [1.165, 1.54) is 0 Å². The van der Waals surface area contributed by atoms with E-state index in [1.54, 1.807) is 47.6 Å². The zero-order valence-electron chi connectivity index (χ0n) is 12.9. The summed E-state index contributed by atoms with van der Waals surface area (Å²) < 4.78 is 18.3. The van der Waals surface area contributed by atoms with Crippen LogP contribution < -0.4 is 10.1 Å². The number of urea groups is 1. The number of anilines is 1. The topological polar surface area (TPSA) is 54.5 Å². The second-order valence-corrected chi connectivity index (χ2v) is 6.05. The molecule has 126 valence electrons. The third-order valence-corrected chi connectivity index (χ3v) is 4.16. The van der Waals surface area contributed by atoms with Crippen LogP contribution in [0.3, 0.4) is 0 Å². The highest BCUT2D eigenvalue weighted by Gasteiger charge is 2.31. The van der Waals surface area contributed by atoms with Crippen LogP contribution in [0.2, 0.25) is 5.02 Å². The summed E-state index contributed by atoms with van der Waals surface area (Å²) in [5.74, 6) is 0.875. The van der Waals surface area contributed by atoms with Crippen LogP contribution in [0.15, 0.2) is 42.7 Å². The molecule has 0 unspecified atom stereocenters. The first-order valence-electron chi connectivity index (χ1n) is 7.59. The van der Waals surface area contributed by atoms with Crippen LogP contribution in [-0.2, 0) is 6.67 Å². The van der Waals surface area contributed by atoms with E-state index in [9.17, 15) is 9.18 Å². The normalized spacial score (nSPS) is 14.2. The van der Waals surface area contributed by atoms with E-state index in [0.29, 0.717) is 41.7 Å². The lowest BCUT2D eigenvalue weighted by atomic mass is 10.0. The molecule has 0 spiro atoms. The van der Waals surface area contributed by atoms with Crippen molar-refractivity contribution in [2.45, 2.75) is 6.67 Å². The Labute approximate surface area is 144 Å². The van der Waals surface area contributed by atoms with Crippen LogP contribution in [0.1, 0.15) is 5.56 Å². The van der Waals surface area contributed by atoms with Gasteiger partial charge in [0.2, 0.25) is 0 Å². The molecule has 0 saturated carbocycles. The monoisotopic (exact) mass is 349 g/mol. The molecule has 0 aliphatic carbocycles. The summed E-state index contributed by atoms with van der Waals surface area (Å²) in [7, 11) is 0. The number of amides is 2. The Morgan fingerprint density at radius 2 is 2.25 bits per heavy atom. The fraction of sp³-hybridized carbons (Fsp3) is 0.294. The lowest BCUT2D eigenvalue weighted by molar-refractivity contribution is 0.0925. The number of nitrogens with one attached hydrogen (secondary N) is 1. The number of hydrogen-bond donors (Lipinski definition) is 1. The van der Waals surface area contributed by atoms with Gasteiger partial charge in [-0.25, -0.2) is 9.18 Å². The van der Waals surface area contributed by atoms with E-state index in [0.717, 1.165) is 0 Å². The van der Waals surface area contributed by atoms with Gasteiger partial charge in [0, 0.05) is 30.8 Å². The molecule has 24 heavy (non-hydrogen) atoms. The van der Waals surface area contributed by atoms with Crippen molar-refractivity contribution in [2.24, 2.45) is 5.92 Å². The fourth-order valence-electron chi connectivity index (χ4n) is 2.42. The second-order valence-electron chi connectivity index (χ2n) is 5.64. The van der Waals surface area contributed by atoms with Crippen LogP contribution >= 0.6 is 11.6 Å². The van der Waals surface area contributed by atoms with Gasteiger partial charge in [-0.15, -0.1) is 0 Å². The average Bonchev–Trinajstić information content (AvgIpc) is 2.54. The van der Waals surface area contributed by atoms with E-state index in [4.69, 9.17) is 16.3 Å². The number of nitrogens with zero attached hydrogens (tertiary/aromatic N) is 2. The molecule has 1 aromatic carbocycles. The van der Waals surface area contributed by atoms with Gasteiger partial charge in [-0.3, -0.25) is 4.98 Å². The molecule has 1 N–H and O–H groups in total. The molecule has 0 bridgehead atoms. The maximum atomic E-state index is 12.6. The summed E-state index contributed by atoms with van der Waals surface area (Å²) in [6.45, 7) is 1.15. The van der Waals surface area contributed by atoms with E-state index in [2.05, 4.69) is 10.3 Å². The molecule has 2 aromatic rings. The van der Waals surface area contributed by atoms with E-state index >= 15 is 0 Å². The number of ether oxygens (including phenoxy) is 1. The van der Waals surface area contributed by atoms with E-state index in [-0.39, 0.29) is 11.9 Å². The molecule has 7 heteroatoms. The second kappa shape index (κ2) is 7.49. The van der Waals surface area contributed by atoms with Crippen LogP contribution in [-0.4, -0.2) is 35.6 Å². The predicted octanol–water partition coefficient (Wildman–Crippen LogP) is 3.75. The molecular weight excluding hydrogens is 333 g/mol. The lowest BCUT2D eigenvalue weighted by Crippen LogP contribution is -2.53. The van der Waals surface area contributed by atoms with Gasteiger partial charge in [0.05, 0.1) is 23.5 Å². The predicted molar refractivity (Wildman–Crippen MR) is 90.1 cm³/mol. The largest absolute Gasteiger partial charge is 0.493 e. The van der Waals surface area contributed by atoms with Gasteiger partial charge in [0.25, 0.3) is 0 Å². The molecule has 1 aliphatic rings. The first kappa shape index (κ1) is 16.5. The summed E-state index contributed by atoms with van der Waals surface area (Å²) in [6, 6.07) is 8.34. The summed E-state index contributed by atoms with van der Waals surface area (Å²) in [5.41, 5.74) is 1.12. The summed E-state index contributed by atoms with van der Waals surface area (Å²) >= 11 is 5.95. The fourth-order valence-corrected chi connectivity index (χ4v) is 2.64. The number of carbonyl (C=O) groups excluding carboxylic acids is 1. The molecule has 2 amide bonds. The number of rotatable bonds is 5. The molecule has 0 atom stereocenters. The van der Waals surface area contributed by atoms with Gasteiger partial charge in [-0.1, -0.05) is 17.7 Å². The number of likely N-dealkylation sites (tertiary alicyclic amines) is 1.